The highest BCUT2D eigenvalue weighted by atomic mass is 16.6. The highest BCUT2D eigenvalue weighted by molar-refractivity contribution is 5.68. The molecule has 2 N–H and O–H groups in total. The molecule has 0 aromatic carbocycles. The van der Waals surface area contributed by atoms with Crippen LogP contribution in [0.5, 0.6) is 0 Å². The first-order valence-corrected chi connectivity index (χ1v) is 6.94. The van der Waals surface area contributed by atoms with Crippen molar-refractivity contribution in [3.05, 3.63) is 11.9 Å². The van der Waals surface area contributed by atoms with E-state index in [9.17, 15) is 4.79 Å². The summed E-state index contributed by atoms with van der Waals surface area (Å²) in [6, 6.07) is 0. The van der Waals surface area contributed by atoms with Crippen LogP contribution in [-0.4, -0.2) is 44.7 Å². The maximum absolute atomic E-state index is 12.0. The monoisotopic (exact) mass is 281 g/mol. The molecular formula is C13H23N5O2. The fraction of sp³-hybridized carbons (Fsp3) is 0.769. The van der Waals surface area contributed by atoms with Crippen molar-refractivity contribution >= 4 is 6.09 Å². The Bertz CT molecular complexity index is 466. The molecule has 112 valence electrons. The van der Waals surface area contributed by atoms with Crippen molar-refractivity contribution in [3.63, 3.8) is 0 Å². The SMILES string of the molecule is CC(C)(C)OC(=O)N1CC[C@H](Cn2cc(CN)nn2)C1. The molecule has 2 heterocycles. The fourth-order valence-electron chi connectivity index (χ4n) is 2.26. The van der Waals surface area contributed by atoms with Crippen LogP contribution in [-0.2, 0) is 17.8 Å². The second kappa shape index (κ2) is 5.78. The Morgan fingerprint density at radius 2 is 2.30 bits per heavy atom. The smallest absolute Gasteiger partial charge is 0.410 e. The van der Waals surface area contributed by atoms with E-state index in [1.54, 1.807) is 9.58 Å². The zero-order chi connectivity index (χ0) is 14.8. The molecule has 7 nitrogen and oxygen atoms in total. The van der Waals surface area contributed by atoms with Crippen LogP contribution in [0, 0.1) is 5.92 Å². The van der Waals surface area contributed by atoms with Gasteiger partial charge in [0, 0.05) is 32.4 Å². The van der Waals surface area contributed by atoms with Crippen molar-refractivity contribution in [2.24, 2.45) is 11.7 Å². The zero-order valence-corrected chi connectivity index (χ0v) is 12.4. The lowest BCUT2D eigenvalue weighted by molar-refractivity contribution is 0.0286. The summed E-state index contributed by atoms with van der Waals surface area (Å²) in [6.45, 7) is 8.22. The third-order valence-corrected chi connectivity index (χ3v) is 3.18. The van der Waals surface area contributed by atoms with Gasteiger partial charge in [-0.3, -0.25) is 4.68 Å². The quantitative estimate of drug-likeness (QED) is 0.893. The number of hydrogen-bond donors (Lipinski definition) is 1. The summed E-state index contributed by atoms with van der Waals surface area (Å²) in [6.07, 6.45) is 2.58. The number of hydrogen-bond acceptors (Lipinski definition) is 5. The van der Waals surface area contributed by atoms with Gasteiger partial charge >= 0.3 is 6.09 Å². The summed E-state index contributed by atoms with van der Waals surface area (Å²) in [7, 11) is 0. The minimum Gasteiger partial charge on any atom is -0.444 e. The predicted molar refractivity (Wildman–Crippen MR) is 73.8 cm³/mol. The van der Waals surface area contributed by atoms with Gasteiger partial charge in [0.25, 0.3) is 0 Å². The van der Waals surface area contributed by atoms with Gasteiger partial charge in [0.2, 0.25) is 0 Å². The van der Waals surface area contributed by atoms with Crippen molar-refractivity contribution in [1.82, 2.24) is 19.9 Å². The number of amides is 1. The van der Waals surface area contributed by atoms with Crippen LogP contribution in [0.15, 0.2) is 6.20 Å². The second-order valence-electron chi connectivity index (χ2n) is 6.22. The number of rotatable bonds is 3. The number of nitrogens with two attached hydrogens (primary N) is 1. The first kappa shape index (κ1) is 14.8. The molecule has 1 amide bonds. The van der Waals surface area contributed by atoms with Gasteiger partial charge < -0.3 is 15.4 Å². The largest absolute Gasteiger partial charge is 0.444 e. The molecule has 2 rings (SSSR count). The number of nitrogens with zero attached hydrogens (tertiary/aromatic N) is 4. The van der Waals surface area contributed by atoms with Crippen LogP contribution < -0.4 is 5.73 Å². The second-order valence-corrected chi connectivity index (χ2v) is 6.22. The molecule has 20 heavy (non-hydrogen) atoms. The van der Waals surface area contributed by atoms with Gasteiger partial charge in [-0.05, 0) is 33.1 Å². The Kier molecular flexibility index (Phi) is 4.27. The van der Waals surface area contributed by atoms with Gasteiger partial charge in [-0.15, -0.1) is 5.10 Å². The van der Waals surface area contributed by atoms with E-state index >= 15 is 0 Å². The maximum atomic E-state index is 12.0. The van der Waals surface area contributed by atoms with Crippen LogP contribution in [0.2, 0.25) is 0 Å². The molecule has 0 saturated carbocycles. The normalized spacial score (nSPS) is 19.4. The van der Waals surface area contributed by atoms with Gasteiger partial charge in [0.1, 0.15) is 5.60 Å². The topological polar surface area (TPSA) is 86.3 Å². The van der Waals surface area contributed by atoms with E-state index in [0.717, 1.165) is 25.2 Å². The Morgan fingerprint density at radius 3 is 2.90 bits per heavy atom. The summed E-state index contributed by atoms with van der Waals surface area (Å²) in [4.78, 5) is 13.7. The average Bonchev–Trinajstić information content (AvgIpc) is 2.96. The minimum atomic E-state index is -0.447. The van der Waals surface area contributed by atoms with Crippen LogP contribution in [0.25, 0.3) is 0 Å². The number of ether oxygens (including phenoxy) is 1. The van der Waals surface area contributed by atoms with Crippen LogP contribution in [0.1, 0.15) is 32.9 Å². The summed E-state index contributed by atoms with van der Waals surface area (Å²) >= 11 is 0. The Labute approximate surface area is 119 Å². The third-order valence-electron chi connectivity index (χ3n) is 3.18. The molecule has 1 aliphatic rings. The number of carbonyl (C=O) groups is 1. The zero-order valence-electron chi connectivity index (χ0n) is 12.4. The van der Waals surface area contributed by atoms with Crippen LogP contribution in [0.4, 0.5) is 4.79 Å². The molecule has 0 radical (unpaired) electrons. The van der Waals surface area contributed by atoms with E-state index in [2.05, 4.69) is 10.3 Å². The van der Waals surface area contributed by atoms with E-state index in [1.807, 2.05) is 27.0 Å². The Hall–Kier alpha value is -1.63. The third kappa shape index (κ3) is 3.93. The molecular weight excluding hydrogens is 258 g/mol. The highest BCUT2D eigenvalue weighted by Gasteiger charge is 2.30. The number of aromatic nitrogens is 3. The van der Waals surface area contributed by atoms with Crippen molar-refractivity contribution in [1.29, 1.82) is 0 Å². The van der Waals surface area contributed by atoms with Crippen molar-refractivity contribution in [2.45, 2.75) is 45.9 Å². The molecule has 1 aliphatic heterocycles. The summed E-state index contributed by atoms with van der Waals surface area (Å²) in [5.41, 5.74) is 5.84. The van der Waals surface area contributed by atoms with Gasteiger partial charge in [0.15, 0.2) is 0 Å². The van der Waals surface area contributed by atoms with E-state index < -0.39 is 5.60 Å². The first-order chi connectivity index (χ1) is 9.37. The fourth-order valence-corrected chi connectivity index (χ4v) is 2.26. The Morgan fingerprint density at radius 1 is 1.55 bits per heavy atom. The number of likely N-dealkylation sites (tertiary alicyclic amines) is 1. The molecule has 7 heteroatoms. The molecule has 0 spiro atoms. The maximum Gasteiger partial charge on any atom is 0.410 e. The van der Waals surface area contributed by atoms with Gasteiger partial charge in [-0.25, -0.2) is 4.79 Å². The van der Waals surface area contributed by atoms with E-state index in [0.29, 0.717) is 19.0 Å². The predicted octanol–water partition coefficient (Wildman–Crippen LogP) is 0.994. The minimum absolute atomic E-state index is 0.235. The standard InChI is InChI=1S/C13H23N5O2/c1-13(2,3)20-12(19)17-5-4-10(7-17)8-18-9-11(6-14)15-16-18/h9-10H,4-8,14H2,1-3H3/t10-/m0/s1. The van der Waals surface area contributed by atoms with Crippen LogP contribution in [0.3, 0.4) is 0 Å². The lowest BCUT2D eigenvalue weighted by Gasteiger charge is -2.24. The molecule has 1 aromatic rings. The number of carbonyl (C=O) groups excluding carboxylic acids is 1. The van der Waals surface area contributed by atoms with E-state index in [4.69, 9.17) is 10.5 Å². The molecule has 0 bridgehead atoms. The molecule has 1 saturated heterocycles. The molecule has 0 unspecified atom stereocenters. The lowest BCUT2D eigenvalue weighted by Crippen LogP contribution is -2.35. The van der Waals surface area contributed by atoms with E-state index in [1.165, 1.54) is 0 Å². The highest BCUT2D eigenvalue weighted by Crippen LogP contribution is 2.20. The summed E-state index contributed by atoms with van der Waals surface area (Å²) in [5, 5.41) is 7.99. The lowest BCUT2D eigenvalue weighted by atomic mass is 10.1. The van der Waals surface area contributed by atoms with Gasteiger partial charge in [0.05, 0.1) is 5.69 Å². The summed E-state index contributed by atoms with van der Waals surface area (Å²) < 4.78 is 7.17. The molecule has 1 atom stereocenters. The van der Waals surface area contributed by atoms with E-state index in [-0.39, 0.29) is 6.09 Å². The van der Waals surface area contributed by atoms with Crippen LogP contribution >= 0.6 is 0 Å². The van der Waals surface area contributed by atoms with Gasteiger partial charge in [-0.1, -0.05) is 5.21 Å². The van der Waals surface area contributed by atoms with Crippen molar-refractivity contribution < 1.29 is 9.53 Å². The average molecular weight is 281 g/mol. The molecule has 1 aromatic heterocycles. The van der Waals surface area contributed by atoms with Crippen molar-refractivity contribution in [2.75, 3.05) is 13.1 Å². The first-order valence-electron chi connectivity index (χ1n) is 6.94. The Balaban J connectivity index is 1.84. The van der Waals surface area contributed by atoms with Crippen molar-refractivity contribution in [3.8, 4) is 0 Å². The van der Waals surface area contributed by atoms with Gasteiger partial charge in [-0.2, -0.15) is 0 Å². The summed E-state index contributed by atoms with van der Waals surface area (Å²) in [5.74, 6) is 0.384. The molecule has 0 aliphatic carbocycles. The molecule has 1 fully saturated rings.